The Morgan fingerprint density at radius 1 is 1.21 bits per heavy atom. The molecule has 2 aliphatic rings. The third kappa shape index (κ3) is 3.54. The Balaban J connectivity index is 1.42. The molecule has 150 valence electrons. The molecule has 0 bridgehead atoms. The minimum atomic E-state index is -0.372. The van der Waals surface area contributed by atoms with E-state index < -0.39 is 0 Å². The predicted octanol–water partition coefficient (Wildman–Crippen LogP) is 1.77. The van der Waals surface area contributed by atoms with Gasteiger partial charge in [-0.2, -0.15) is 9.38 Å². The van der Waals surface area contributed by atoms with Crippen LogP contribution in [0.2, 0.25) is 0 Å². The molecule has 2 aromatic rings. The van der Waals surface area contributed by atoms with Crippen molar-refractivity contribution in [1.82, 2.24) is 19.2 Å². The average molecular weight is 386 g/mol. The van der Waals surface area contributed by atoms with Crippen LogP contribution in [0, 0.1) is 10.1 Å². The lowest BCUT2D eigenvalue weighted by atomic mass is 10.0. The van der Waals surface area contributed by atoms with Gasteiger partial charge in [-0.25, -0.2) is 0 Å². The first kappa shape index (κ1) is 18.7. The number of piperidine rings is 1. The minimum Gasteiger partial charge on any atom is -0.358 e. The van der Waals surface area contributed by atoms with Gasteiger partial charge >= 0.3 is 5.82 Å². The Labute approximate surface area is 163 Å². The number of nitro groups is 1. The zero-order valence-corrected chi connectivity index (χ0v) is 16.2. The van der Waals surface area contributed by atoms with Crippen LogP contribution in [0.5, 0.6) is 0 Å². The fraction of sp³-hybridized carbons (Fsp3) is 0.579. The van der Waals surface area contributed by atoms with E-state index in [0.29, 0.717) is 50.2 Å². The van der Waals surface area contributed by atoms with Gasteiger partial charge in [-0.15, -0.1) is 0 Å². The summed E-state index contributed by atoms with van der Waals surface area (Å²) in [7, 11) is 0. The van der Waals surface area contributed by atoms with Crippen molar-refractivity contribution in [2.45, 2.75) is 32.2 Å². The topological polar surface area (TPSA) is 87.2 Å². The first-order valence-electron chi connectivity index (χ1n) is 9.93. The van der Waals surface area contributed by atoms with Crippen LogP contribution in [0.3, 0.4) is 0 Å². The van der Waals surface area contributed by atoms with Gasteiger partial charge < -0.3 is 19.9 Å². The number of likely N-dealkylation sites (tertiary alicyclic amines) is 1. The van der Waals surface area contributed by atoms with E-state index in [1.807, 2.05) is 15.9 Å². The van der Waals surface area contributed by atoms with Gasteiger partial charge in [-0.1, -0.05) is 6.07 Å². The predicted molar refractivity (Wildman–Crippen MR) is 106 cm³/mol. The van der Waals surface area contributed by atoms with E-state index in [0.717, 1.165) is 19.4 Å². The lowest BCUT2D eigenvalue weighted by Gasteiger charge is -2.38. The molecular formula is C19H26N6O3. The number of aromatic nitrogens is 2. The van der Waals surface area contributed by atoms with E-state index in [1.54, 1.807) is 18.3 Å². The molecule has 1 atom stereocenters. The Morgan fingerprint density at radius 3 is 2.71 bits per heavy atom. The molecule has 0 radical (unpaired) electrons. The van der Waals surface area contributed by atoms with Crippen molar-refractivity contribution in [2.75, 3.05) is 44.2 Å². The second kappa shape index (κ2) is 7.75. The zero-order chi connectivity index (χ0) is 19.7. The third-order valence-corrected chi connectivity index (χ3v) is 5.81. The van der Waals surface area contributed by atoms with Crippen LogP contribution in [-0.2, 0) is 4.79 Å². The van der Waals surface area contributed by atoms with Crippen LogP contribution < -0.4 is 4.90 Å². The second-order valence-electron chi connectivity index (χ2n) is 7.64. The summed E-state index contributed by atoms with van der Waals surface area (Å²) in [4.78, 5) is 34.5. The number of imidazole rings is 1. The molecule has 9 heteroatoms. The monoisotopic (exact) mass is 386 g/mol. The standard InChI is InChI=1S/C19H26N6O3/c1-15-6-2-4-8-23(15)17(26)14-21-10-12-22(13-11-21)18-19(25(27)28)24-9-5-3-7-16(24)20-18/h3,5,7,9,15H,2,4,6,8,10-14H2,1H3. The van der Waals surface area contributed by atoms with Crippen LogP contribution in [0.25, 0.3) is 5.65 Å². The van der Waals surface area contributed by atoms with Gasteiger partial charge in [0.15, 0.2) is 0 Å². The number of hydrogen-bond acceptors (Lipinski definition) is 6. The Hall–Kier alpha value is -2.68. The molecule has 0 saturated carbocycles. The van der Waals surface area contributed by atoms with Crippen molar-refractivity contribution in [2.24, 2.45) is 0 Å². The van der Waals surface area contributed by atoms with E-state index in [9.17, 15) is 14.9 Å². The molecule has 0 aliphatic carbocycles. The summed E-state index contributed by atoms with van der Waals surface area (Å²) in [6.07, 6.45) is 5.03. The summed E-state index contributed by atoms with van der Waals surface area (Å²) >= 11 is 0. The average Bonchev–Trinajstić information content (AvgIpc) is 3.08. The van der Waals surface area contributed by atoms with Crippen molar-refractivity contribution in [3.8, 4) is 0 Å². The van der Waals surface area contributed by atoms with E-state index >= 15 is 0 Å². The van der Waals surface area contributed by atoms with Crippen molar-refractivity contribution in [1.29, 1.82) is 0 Å². The van der Waals surface area contributed by atoms with Crippen molar-refractivity contribution < 1.29 is 9.72 Å². The maximum absolute atomic E-state index is 12.7. The molecule has 28 heavy (non-hydrogen) atoms. The summed E-state index contributed by atoms with van der Waals surface area (Å²) in [5, 5.41) is 11.6. The fourth-order valence-corrected chi connectivity index (χ4v) is 4.22. The first-order valence-corrected chi connectivity index (χ1v) is 9.93. The highest BCUT2D eigenvalue weighted by Gasteiger charge is 2.31. The molecule has 2 aliphatic heterocycles. The molecule has 0 spiro atoms. The molecule has 1 amide bonds. The van der Waals surface area contributed by atoms with Crippen LogP contribution in [0.1, 0.15) is 26.2 Å². The number of pyridine rings is 1. The lowest BCUT2D eigenvalue weighted by molar-refractivity contribution is -0.389. The largest absolute Gasteiger partial charge is 0.372 e. The van der Waals surface area contributed by atoms with Crippen LogP contribution >= 0.6 is 0 Å². The summed E-state index contributed by atoms with van der Waals surface area (Å²) in [5.41, 5.74) is 0.570. The molecule has 0 aromatic carbocycles. The van der Waals surface area contributed by atoms with Crippen LogP contribution in [0.4, 0.5) is 11.6 Å². The molecule has 2 aromatic heterocycles. The number of rotatable bonds is 4. The van der Waals surface area contributed by atoms with Gasteiger partial charge in [-0.3, -0.25) is 9.69 Å². The van der Waals surface area contributed by atoms with Crippen LogP contribution in [0.15, 0.2) is 24.4 Å². The number of carbonyl (C=O) groups excluding carboxylic acids is 1. The molecule has 1 unspecified atom stereocenters. The normalized spacial score (nSPS) is 21.2. The third-order valence-electron chi connectivity index (χ3n) is 5.81. The zero-order valence-electron chi connectivity index (χ0n) is 16.2. The highest BCUT2D eigenvalue weighted by molar-refractivity contribution is 5.78. The van der Waals surface area contributed by atoms with E-state index in [4.69, 9.17) is 0 Å². The number of piperazine rings is 1. The maximum Gasteiger partial charge on any atom is 0.372 e. The van der Waals surface area contributed by atoms with Crippen molar-refractivity contribution >= 4 is 23.2 Å². The quantitative estimate of drug-likeness (QED) is 0.588. The van der Waals surface area contributed by atoms with Gasteiger partial charge in [0, 0.05) is 44.8 Å². The Morgan fingerprint density at radius 2 is 2.00 bits per heavy atom. The highest BCUT2D eigenvalue weighted by atomic mass is 16.6. The molecule has 4 rings (SSSR count). The molecule has 2 saturated heterocycles. The van der Waals surface area contributed by atoms with Crippen molar-refractivity contribution in [3.05, 3.63) is 34.5 Å². The highest BCUT2D eigenvalue weighted by Crippen LogP contribution is 2.29. The van der Waals surface area contributed by atoms with Crippen LogP contribution in [-0.4, -0.2) is 75.3 Å². The minimum absolute atomic E-state index is 0.00210. The smallest absolute Gasteiger partial charge is 0.358 e. The van der Waals surface area contributed by atoms with Crippen molar-refractivity contribution in [3.63, 3.8) is 0 Å². The number of anilines is 1. The van der Waals surface area contributed by atoms with Gasteiger partial charge in [0.25, 0.3) is 0 Å². The molecule has 9 nitrogen and oxygen atoms in total. The number of nitrogens with zero attached hydrogens (tertiary/aromatic N) is 6. The maximum atomic E-state index is 12.7. The van der Waals surface area contributed by atoms with Gasteiger partial charge in [0.1, 0.15) is 0 Å². The van der Waals surface area contributed by atoms with Gasteiger partial charge in [0.05, 0.1) is 12.7 Å². The Bertz CT molecular complexity index is 874. The number of fused-ring (bicyclic) bond motifs is 1. The van der Waals surface area contributed by atoms with E-state index in [1.165, 1.54) is 10.8 Å². The molecule has 0 N–H and O–H groups in total. The van der Waals surface area contributed by atoms with Gasteiger partial charge in [0.2, 0.25) is 17.4 Å². The SMILES string of the molecule is CC1CCCCN1C(=O)CN1CCN(c2nc3ccccn3c2[N+](=O)[O-])CC1. The first-order chi connectivity index (χ1) is 13.5. The summed E-state index contributed by atoms with van der Waals surface area (Å²) in [5.74, 6) is 0.605. The summed E-state index contributed by atoms with van der Waals surface area (Å²) in [6.45, 7) is 6.02. The van der Waals surface area contributed by atoms with E-state index in [2.05, 4.69) is 16.8 Å². The van der Waals surface area contributed by atoms with E-state index in [-0.39, 0.29) is 16.6 Å². The summed E-state index contributed by atoms with van der Waals surface area (Å²) in [6, 6.07) is 5.67. The second-order valence-corrected chi connectivity index (χ2v) is 7.64. The number of carbonyl (C=O) groups is 1. The van der Waals surface area contributed by atoms with Gasteiger partial charge in [-0.05, 0) is 37.2 Å². The molecular weight excluding hydrogens is 360 g/mol. The Kier molecular flexibility index (Phi) is 5.17. The number of amides is 1. The fourth-order valence-electron chi connectivity index (χ4n) is 4.22. The lowest BCUT2D eigenvalue weighted by Crippen LogP contribution is -2.52. The molecule has 4 heterocycles. The molecule has 2 fully saturated rings. The summed E-state index contributed by atoms with van der Waals surface area (Å²) < 4.78 is 1.52. The number of hydrogen-bond donors (Lipinski definition) is 0.